The van der Waals surface area contributed by atoms with Crippen LogP contribution in [0.3, 0.4) is 0 Å². The van der Waals surface area contributed by atoms with Gasteiger partial charge in [0.05, 0.1) is 36.1 Å². The topological polar surface area (TPSA) is 120 Å². The van der Waals surface area contributed by atoms with E-state index in [-0.39, 0.29) is 30.2 Å². The zero-order chi connectivity index (χ0) is 25.1. The molecule has 1 aromatic carbocycles. The van der Waals surface area contributed by atoms with Gasteiger partial charge in [0, 0.05) is 45.4 Å². The number of nitrogens with one attached hydrogen (secondary N) is 2. The molecular weight excluding hydrogens is 464 g/mol. The van der Waals surface area contributed by atoms with E-state index >= 15 is 0 Å². The molecule has 0 aliphatic carbocycles. The monoisotopic (exact) mass is 494 g/mol. The molecule has 5 rings (SSSR count). The van der Waals surface area contributed by atoms with E-state index in [1.807, 2.05) is 30.3 Å². The summed E-state index contributed by atoms with van der Waals surface area (Å²) >= 11 is 0. The van der Waals surface area contributed by atoms with Crippen molar-refractivity contribution in [2.75, 3.05) is 45.8 Å². The van der Waals surface area contributed by atoms with Gasteiger partial charge in [0.1, 0.15) is 5.75 Å². The number of amides is 1. The predicted octanol–water partition coefficient (Wildman–Crippen LogP) is 1.01. The summed E-state index contributed by atoms with van der Waals surface area (Å²) in [5.41, 5.74) is 2.21. The van der Waals surface area contributed by atoms with E-state index in [2.05, 4.69) is 25.5 Å². The highest BCUT2D eigenvalue weighted by atomic mass is 16.5. The zero-order valence-corrected chi connectivity index (χ0v) is 20.4. The summed E-state index contributed by atoms with van der Waals surface area (Å²) in [6.45, 7) is 3.45. The summed E-state index contributed by atoms with van der Waals surface area (Å²) in [4.78, 5) is 35.2. The van der Waals surface area contributed by atoms with Gasteiger partial charge in [-0.05, 0) is 37.2 Å². The van der Waals surface area contributed by atoms with Crippen molar-refractivity contribution in [1.29, 1.82) is 0 Å². The summed E-state index contributed by atoms with van der Waals surface area (Å²) in [5, 5.41) is 6.30. The number of ether oxygens (including phenoxy) is 3. The van der Waals surface area contributed by atoms with E-state index in [1.54, 1.807) is 18.8 Å². The van der Waals surface area contributed by atoms with E-state index < -0.39 is 0 Å². The molecule has 4 heterocycles. The van der Waals surface area contributed by atoms with E-state index in [4.69, 9.17) is 14.2 Å². The molecule has 11 heteroatoms. The van der Waals surface area contributed by atoms with Gasteiger partial charge in [-0.3, -0.25) is 14.5 Å². The van der Waals surface area contributed by atoms with Gasteiger partial charge < -0.3 is 29.4 Å². The molecule has 1 fully saturated rings. The number of hydrogen-bond donors (Lipinski definition) is 2. The molecule has 0 unspecified atom stereocenters. The number of nitrogens with zero attached hydrogens (tertiary/aromatic N) is 4. The van der Waals surface area contributed by atoms with Crippen molar-refractivity contribution in [1.82, 2.24) is 24.8 Å². The molecule has 190 valence electrons. The number of hydrogen-bond acceptors (Lipinski definition) is 9. The van der Waals surface area contributed by atoms with Crippen LogP contribution in [0.2, 0.25) is 0 Å². The Hall–Kier alpha value is -3.54. The van der Waals surface area contributed by atoms with Gasteiger partial charge in [-0.2, -0.15) is 0 Å². The van der Waals surface area contributed by atoms with E-state index in [9.17, 15) is 9.59 Å². The number of likely N-dealkylation sites (tertiary alicyclic amines) is 1. The molecule has 0 bridgehead atoms. The maximum atomic E-state index is 12.6. The van der Waals surface area contributed by atoms with Gasteiger partial charge in [0.2, 0.25) is 0 Å². The van der Waals surface area contributed by atoms with Crippen LogP contribution in [0.4, 0.5) is 5.82 Å². The molecule has 2 aromatic heterocycles. The number of carbonyl (C=O) groups excluding carboxylic acids is 1. The number of rotatable bonds is 8. The number of benzene rings is 1. The average molecular weight is 495 g/mol. The molecule has 3 aromatic rings. The van der Waals surface area contributed by atoms with Crippen molar-refractivity contribution in [3.8, 4) is 11.5 Å². The molecule has 0 radical (unpaired) electrons. The second-order valence-electron chi connectivity index (χ2n) is 8.94. The summed E-state index contributed by atoms with van der Waals surface area (Å²) in [5.74, 6) is 1.53. The standard InChI is InChI=1S/C25H30N6O5/c1-34-17-4-5-18-20(11-17)31(24(33)13-27-18)10-9-30-8-7-19(22(14-30)35-2)26-12-16-3-6-21-25(28-16)29-23(32)15-36-21/h3-6,11,13,19,22,26H,7-10,12,14-15H2,1-2H3,(H,28,29,32)/t19-,22-/m1/s1. The molecule has 1 saturated heterocycles. The lowest BCUT2D eigenvalue weighted by Crippen LogP contribution is -2.53. The normalized spacial score (nSPS) is 20.0. The van der Waals surface area contributed by atoms with E-state index in [1.165, 1.54) is 6.20 Å². The Morgan fingerprint density at radius 3 is 2.92 bits per heavy atom. The molecule has 1 amide bonds. The van der Waals surface area contributed by atoms with Crippen LogP contribution >= 0.6 is 0 Å². The molecule has 36 heavy (non-hydrogen) atoms. The Morgan fingerprint density at radius 2 is 2.08 bits per heavy atom. The van der Waals surface area contributed by atoms with Crippen molar-refractivity contribution >= 4 is 22.8 Å². The third-order valence-electron chi connectivity index (χ3n) is 6.72. The maximum absolute atomic E-state index is 12.6. The summed E-state index contributed by atoms with van der Waals surface area (Å²) in [6, 6.07) is 9.43. The molecule has 2 atom stereocenters. The number of carbonyl (C=O) groups is 1. The second kappa shape index (κ2) is 10.6. The van der Waals surface area contributed by atoms with E-state index in [0.717, 1.165) is 42.8 Å². The van der Waals surface area contributed by atoms with Crippen LogP contribution in [-0.2, 0) is 22.6 Å². The Labute approximate surface area is 208 Å². The number of fused-ring (bicyclic) bond motifs is 2. The van der Waals surface area contributed by atoms with Gasteiger partial charge >= 0.3 is 0 Å². The largest absolute Gasteiger partial charge is 0.497 e. The molecule has 0 spiro atoms. The third-order valence-corrected chi connectivity index (χ3v) is 6.72. The minimum atomic E-state index is -0.201. The van der Waals surface area contributed by atoms with Crippen molar-refractivity contribution in [3.05, 3.63) is 52.6 Å². The first-order valence-corrected chi connectivity index (χ1v) is 12.0. The summed E-state index contributed by atoms with van der Waals surface area (Å²) in [6.07, 6.45) is 2.25. The minimum absolute atomic E-state index is 0.00888. The van der Waals surface area contributed by atoms with E-state index in [0.29, 0.717) is 30.4 Å². The van der Waals surface area contributed by atoms with Crippen molar-refractivity contribution in [2.24, 2.45) is 0 Å². The molecule has 2 N–H and O–H groups in total. The highest BCUT2D eigenvalue weighted by Gasteiger charge is 2.29. The van der Waals surface area contributed by atoms with Gasteiger partial charge in [-0.15, -0.1) is 0 Å². The van der Waals surface area contributed by atoms with Crippen molar-refractivity contribution in [3.63, 3.8) is 0 Å². The predicted molar refractivity (Wildman–Crippen MR) is 133 cm³/mol. The smallest absolute Gasteiger partial charge is 0.269 e. The van der Waals surface area contributed by atoms with Crippen LogP contribution in [0.5, 0.6) is 11.5 Å². The number of anilines is 1. The third kappa shape index (κ3) is 5.18. The quantitative estimate of drug-likeness (QED) is 0.473. The van der Waals surface area contributed by atoms with Crippen LogP contribution in [0.1, 0.15) is 12.1 Å². The Balaban J connectivity index is 1.19. The van der Waals surface area contributed by atoms with Crippen molar-refractivity contribution in [2.45, 2.75) is 31.7 Å². The lowest BCUT2D eigenvalue weighted by atomic mass is 10.0. The number of piperidine rings is 1. The maximum Gasteiger partial charge on any atom is 0.269 e. The Bertz CT molecular complexity index is 1310. The molecule has 2 aliphatic heterocycles. The zero-order valence-electron chi connectivity index (χ0n) is 20.4. The van der Waals surface area contributed by atoms with Gasteiger partial charge in [0.15, 0.2) is 18.2 Å². The van der Waals surface area contributed by atoms with Gasteiger partial charge in [-0.25, -0.2) is 9.97 Å². The lowest BCUT2D eigenvalue weighted by molar-refractivity contribution is -0.118. The van der Waals surface area contributed by atoms with Crippen molar-refractivity contribution < 1.29 is 19.0 Å². The molecule has 0 saturated carbocycles. The Kier molecular flexibility index (Phi) is 7.12. The molecular formula is C25H30N6O5. The second-order valence-corrected chi connectivity index (χ2v) is 8.94. The summed E-state index contributed by atoms with van der Waals surface area (Å²) < 4.78 is 18.3. The molecule has 11 nitrogen and oxygen atoms in total. The minimum Gasteiger partial charge on any atom is -0.497 e. The lowest BCUT2D eigenvalue weighted by Gasteiger charge is -2.38. The van der Waals surface area contributed by atoms with Crippen LogP contribution in [-0.4, -0.2) is 77.9 Å². The van der Waals surface area contributed by atoms with Gasteiger partial charge in [0.25, 0.3) is 11.5 Å². The van der Waals surface area contributed by atoms with Crippen LogP contribution in [0, 0.1) is 0 Å². The average Bonchev–Trinajstić information content (AvgIpc) is 2.90. The fraction of sp³-hybridized carbons (Fsp3) is 0.440. The Morgan fingerprint density at radius 1 is 1.19 bits per heavy atom. The van der Waals surface area contributed by atoms with Crippen LogP contribution < -0.4 is 25.7 Å². The van der Waals surface area contributed by atoms with Crippen LogP contribution in [0.25, 0.3) is 11.0 Å². The number of methoxy groups -OCH3 is 2. The van der Waals surface area contributed by atoms with Crippen LogP contribution in [0.15, 0.2) is 41.3 Å². The highest BCUT2D eigenvalue weighted by molar-refractivity contribution is 5.94. The molecule has 2 aliphatic rings. The summed E-state index contributed by atoms with van der Waals surface area (Å²) in [7, 11) is 3.33. The first-order valence-electron chi connectivity index (χ1n) is 12.0. The SMILES string of the molecule is COc1ccc2ncc(=O)n(CCN3CC[C@@H](NCc4ccc5c(n4)NC(=O)CO5)[C@H](OC)C3)c2c1. The first-order chi connectivity index (χ1) is 17.5. The highest BCUT2D eigenvalue weighted by Crippen LogP contribution is 2.25. The number of pyridine rings is 1. The fourth-order valence-electron chi connectivity index (χ4n) is 4.74. The first kappa shape index (κ1) is 24.2. The van der Waals surface area contributed by atoms with Gasteiger partial charge in [-0.1, -0.05) is 0 Å². The number of aromatic nitrogens is 3. The fourth-order valence-corrected chi connectivity index (χ4v) is 4.74.